The van der Waals surface area contributed by atoms with Crippen LogP contribution in [-0.4, -0.2) is 50.4 Å². The molecule has 2 aromatic heterocycles. The van der Waals surface area contributed by atoms with E-state index in [1.807, 2.05) is 73.7 Å². The first kappa shape index (κ1) is 26.7. The lowest BCUT2D eigenvalue weighted by atomic mass is 10.0. The molecule has 5 aromatic rings. The summed E-state index contributed by atoms with van der Waals surface area (Å²) in [6.45, 7) is 4.15. The molecule has 0 spiro atoms. The topological polar surface area (TPSA) is 88.9 Å². The first-order valence-electron chi connectivity index (χ1n) is 12.9. The number of methoxy groups -OCH3 is 1. The second kappa shape index (κ2) is 12.3. The van der Waals surface area contributed by atoms with Gasteiger partial charge in [-0.2, -0.15) is 0 Å². The average Bonchev–Trinajstić information content (AvgIpc) is 3.40. The first-order chi connectivity index (χ1) is 19.0. The fraction of sp³-hybridized carbons (Fsp3) is 0.267. The Morgan fingerprint density at radius 2 is 1.82 bits per heavy atom. The van der Waals surface area contributed by atoms with E-state index < -0.39 is 6.04 Å². The zero-order chi connectivity index (χ0) is 27.2. The first-order valence-corrected chi connectivity index (χ1v) is 13.3. The molecule has 0 saturated carbocycles. The third-order valence-electron chi connectivity index (χ3n) is 6.83. The van der Waals surface area contributed by atoms with E-state index in [1.165, 1.54) is 5.56 Å². The molecule has 8 nitrogen and oxygen atoms in total. The van der Waals surface area contributed by atoms with Crippen molar-refractivity contribution >= 4 is 22.5 Å². The molecule has 5 rings (SSSR count). The van der Waals surface area contributed by atoms with Crippen LogP contribution in [0.2, 0.25) is 5.02 Å². The number of nitrogens with one attached hydrogen (secondary N) is 1. The third kappa shape index (κ3) is 6.42. The molecule has 0 aliphatic carbocycles. The van der Waals surface area contributed by atoms with E-state index in [2.05, 4.69) is 37.5 Å². The van der Waals surface area contributed by atoms with Gasteiger partial charge in [-0.1, -0.05) is 66.2 Å². The van der Waals surface area contributed by atoms with Crippen molar-refractivity contribution in [1.82, 2.24) is 30.1 Å². The van der Waals surface area contributed by atoms with Crippen molar-refractivity contribution < 1.29 is 4.74 Å². The molecule has 9 heteroatoms. The number of nitrogens with zero attached hydrogens (tertiary/aromatic N) is 5. The Morgan fingerprint density at radius 1 is 1.03 bits per heavy atom. The molecule has 1 atom stereocenters. The molecule has 0 fully saturated rings. The van der Waals surface area contributed by atoms with Crippen LogP contribution in [-0.2, 0) is 24.2 Å². The van der Waals surface area contributed by atoms with Gasteiger partial charge in [0.25, 0.3) is 5.56 Å². The quantitative estimate of drug-likeness (QED) is 0.254. The third-order valence-corrected chi connectivity index (χ3v) is 7.08. The zero-order valence-corrected chi connectivity index (χ0v) is 22.8. The minimum atomic E-state index is -0.509. The lowest BCUT2D eigenvalue weighted by Crippen LogP contribution is -2.36. The maximum Gasteiger partial charge on any atom is 0.253 e. The lowest BCUT2D eigenvalue weighted by molar-refractivity contribution is 0.172. The molecule has 2 heterocycles. The Balaban J connectivity index is 1.64. The van der Waals surface area contributed by atoms with Gasteiger partial charge >= 0.3 is 0 Å². The second-order valence-corrected chi connectivity index (χ2v) is 10.1. The van der Waals surface area contributed by atoms with Crippen molar-refractivity contribution in [2.75, 3.05) is 20.3 Å². The van der Waals surface area contributed by atoms with E-state index >= 15 is 0 Å². The van der Waals surface area contributed by atoms with Crippen molar-refractivity contribution in [3.05, 3.63) is 122 Å². The van der Waals surface area contributed by atoms with Gasteiger partial charge < -0.3 is 9.72 Å². The summed E-state index contributed by atoms with van der Waals surface area (Å²) in [4.78, 5) is 19.0. The van der Waals surface area contributed by atoms with Crippen LogP contribution in [0.25, 0.3) is 10.9 Å². The minimum absolute atomic E-state index is 0.166. The molecule has 0 unspecified atom stereocenters. The summed E-state index contributed by atoms with van der Waals surface area (Å²) in [7, 11) is 1.64. The number of aromatic amines is 1. The van der Waals surface area contributed by atoms with Gasteiger partial charge in [-0.3, -0.25) is 9.69 Å². The van der Waals surface area contributed by atoms with Gasteiger partial charge in [-0.15, -0.1) is 5.10 Å². The summed E-state index contributed by atoms with van der Waals surface area (Å²) in [6.07, 6.45) is 0.787. The monoisotopic (exact) mass is 542 g/mol. The van der Waals surface area contributed by atoms with E-state index in [9.17, 15) is 4.79 Å². The molecule has 1 N–H and O–H groups in total. The SMILES string of the molecule is COCCn1nnnc1[C@@H](c1cc2ccc(C)cc2[nH]c1=O)N(CCc1ccccc1)Cc1ccc(Cl)cc1. The van der Waals surface area contributed by atoms with Crippen LogP contribution in [0.15, 0.2) is 83.7 Å². The number of pyridine rings is 1. The number of H-pyrrole nitrogens is 1. The maximum atomic E-state index is 13.7. The number of hydrogen-bond acceptors (Lipinski definition) is 6. The number of fused-ring (bicyclic) bond motifs is 1. The van der Waals surface area contributed by atoms with Gasteiger partial charge in [-0.25, -0.2) is 4.68 Å². The number of rotatable bonds is 11. The Labute approximate surface area is 232 Å². The van der Waals surface area contributed by atoms with Crippen LogP contribution >= 0.6 is 11.6 Å². The van der Waals surface area contributed by atoms with E-state index in [-0.39, 0.29) is 5.56 Å². The molecule has 0 saturated heterocycles. The largest absolute Gasteiger partial charge is 0.383 e. The highest BCUT2D eigenvalue weighted by Gasteiger charge is 2.30. The second-order valence-electron chi connectivity index (χ2n) is 9.63. The molecular formula is C30H31ClN6O2. The van der Waals surface area contributed by atoms with Crippen molar-refractivity contribution in [1.29, 1.82) is 0 Å². The van der Waals surface area contributed by atoms with Gasteiger partial charge in [0.1, 0.15) is 6.04 Å². The van der Waals surface area contributed by atoms with E-state index in [0.717, 1.165) is 28.5 Å². The van der Waals surface area contributed by atoms with Gasteiger partial charge in [-0.05, 0) is 70.1 Å². The molecule has 0 amide bonds. The van der Waals surface area contributed by atoms with Crippen molar-refractivity contribution in [2.24, 2.45) is 0 Å². The predicted molar refractivity (Wildman–Crippen MR) is 153 cm³/mol. The Hall–Kier alpha value is -3.85. The summed E-state index contributed by atoms with van der Waals surface area (Å²) in [5, 5.41) is 14.3. The summed E-state index contributed by atoms with van der Waals surface area (Å²) >= 11 is 6.18. The van der Waals surface area contributed by atoms with Crippen molar-refractivity contribution in [3.8, 4) is 0 Å². The van der Waals surface area contributed by atoms with Gasteiger partial charge in [0, 0.05) is 36.3 Å². The standard InChI is InChI=1S/C30H31ClN6O2/c1-21-8-11-24-19-26(30(38)32-27(24)18-21)28(29-33-34-35-37(29)16-17-39-2)36(15-14-22-6-4-3-5-7-22)20-23-9-12-25(31)13-10-23/h3-13,18-19,28H,14-17,20H2,1-2H3,(H,32,38)/t28-/m1/s1. The highest BCUT2D eigenvalue weighted by atomic mass is 35.5. The fourth-order valence-electron chi connectivity index (χ4n) is 4.82. The Morgan fingerprint density at radius 3 is 2.59 bits per heavy atom. The number of ether oxygens (including phenoxy) is 1. The summed E-state index contributed by atoms with van der Waals surface area (Å²) in [6, 6.07) is 25.6. The number of tetrazole rings is 1. The molecule has 0 bridgehead atoms. The molecule has 0 aliphatic heterocycles. The molecule has 0 aliphatic rings. The van der Waals surface area contributed by atoms with E-state index in [4.69, 9.17) is 16.3 Å². The molecule has 0 radical (unpaired) electrons. The van der Waals surface area contributed by atoms with Crippen molar-refractivity contribution in [2.45, 2.75) is 32.5 Å². The highest BCUT2D eigenvalue weighted by Crippen LogP contribution is 2.29. The van der Waals surface area contributed by atoms with E-state index in [1.54, 1.807) is 11.8 Å². The van der Waals surface area contributed by atoms with Gasteiger partial charge in [0.15, 0.2) is 5.82 Å². The maximum absolute atomic E-state index is 13.7. The summed E-state index contributed by atoms with van der Waals surface area (Å²) in [5.74, 6) is 0.589. The average molecular weight is 543 g/mol. The van der Waals surface area contributed by atoms with Crippen LogP contribution in [0, 0.1) is 6.92 Å². The summed E-state index contributed by atoms with van der Waals surface area (Å²) < 4.78 is 7.04. The van der Waals surface area contributed by atoms with E-state index in [0.29, 0.717) is 42.7 Å². The summed E-state index contributed by atoms with van der Waals surface area (Å²) in [5.41, 5.74) is 4.58. The van der Waals surface area contributed by atoms with Crippen LogP contribution in [0.3, 0.4) is 0 Å². The molecule has 3 aromatic carbocycles. The molecule has 200 valence electrons. The number of hydrogen-bond donors (Lipinski definition) is 1. The Bertz CT molecular complexity index is 1580. The zero-order valence-electron chi connectivity index (χ0n) is 22.0. The van der Waals surface area contributed by atoms with Crippen LogP contribution in [0.5, 0.6) is 0 Å². The van der Waals surface area contributed by atoms with Gasteiger partial charge in [0.05, 0.1) is 13.2 Å². The molecule has 39 heavy (non-hydrogen) atoms. The van der Waals surface area contributed by atoms with Gasteiger partial charge in [0.2, 0.25) is 0 Å². The minimum Gasteiger partial charge on any atom is -0.383 e. The predicted octanol–water partition coefficient (Wildman–Crippen LogP) is 4.96. The number of aryl methyl sites for hydroxylation is 1. The smallest absolute Gasteiger partial charge is 0.253 e. The van der Waals surface area contributed by atoms with Crippen LogP contribution < -0.4 is 5.56 Å². The van der Waals surface area contributed by atoms with Crippen molar-refractivity contribution in [3.63, 3.8) is 0 Å². The highest BCUT2D eigenvalue weighted by molar-refractivity contribution is 6.30. The van der Waals surface area contributed by atoms with Crippen LogP contribution in [0.4, 0.5) is 0 Å². The Kier molecular flexibility index (Phi) is 8.46. The fourth-order valence-corrected chi connectivity index (χ4v) is 4.95. The number of aromatic nitrogens is 5. The number of benzene rings is 3. The van der Waals surface area contributed by atoms with Crippen LogP contribution in [0.1, 0.15) is 34.1 Å². The lowest BCUT2D eigenvalue weighted by Gasteiger charge is -2.31. The number of halogens is 1. The normalized spacial score (nSPS) is 12.3. The molecular weight excluding hydrogens is 512 g/mol.